The van der Waals surface area contributed by atoms with E-state index in [1.165, 1.54) is 14.8 Å². The molecule has 0 bridgehead atoms. The molecule has 20 heavy (non-hydrogen) atoms. The fraction of sp³-hybridized carbons (Fsp3) is 0.400. The average molecular weight is 306 g/mol. The number of hydrogen-bond donors (Lipinski definition) is 1. The summed E-state index contributed by atoms with van der Waals surface area (Å²) in [6.07, 6.45) is 0. The molecular weight excluding hydrogens is 288 g/mol. The Kier molecular flexibility index (Phi) is 3.92. The summed E-state index contributed by atoms with van der Waals surface area (Å²) >= 11 is 3.47. The number of thiophene rings is 1. The molecule has 106 valence electrons. The molecule has 5 heteroatoms. The van der Waals surface area contributed by atoms with Crippen molar-refractivity contribution in [3.05, 3.63) is 22.5 Å². The second-order valence-electron chi connectivity index (χ2n) is 5.08. The van der Waals surface area contributed by atoms with Crippen molar-refractivity contribution in [1.82, 2.24) is 10.3 Å². The van der Waals surface area contributed by atoms with Crippen LogP contribution in [0.15, 0.2) is 17.5 Å². The van der Waals surface area contributed by atoms with Gasteiger partial charge in [0.05, 0.1) is 19.9 Å². The lowest BCUT2D eigenvalue weighted by molar-refractivity contribution is 0.312. The third kappa shape index (κ3) is 2.66. The summed E-state index contributed by atoms with van der Waals surface area (Å²) in [5, 5.41) is 7.76. The number of aromatic nitrogens is 1. The van der Waals surface area contributed by atoms with Crippen molar-refractivity contribution < 1.29 is 4.74 Å². The molecule has 0 atom stereocenters. The molecule has 2 heterocycles. The second-order valence-corrected chi connectivity index (χ2v) is 7.23. The molecule has 2 aromatic heterocycles. The molecule has 3 aromatic rings. The number of hydrogen-bond acceptors (Lipinski definition) is 5. The van der Waals surface area contributed by atoms with Crippen LogP contribution < -0.4 is 10.1 Å². The Bertz CT molecular complexity index is 730. The van der Waals surface area contributed by atoms with Crippen LogP contribution in [-0.2, 0) is 0 Å². The molecule has 0 fully saturated rings. The van der Waals surface area contributed by atoms with Crippen molar-refractivity contribution in [1.29, 1.82) is 0 Å². The predicted molar refractivity (Wildman–Crippen MR) is 88.4 cm³/mol. The van der Waals surface area contributed by atoms with E-state index in [1.807, 2.05) is 0 Å². The third-order valence-electron chi connectivity index (χ3n) is 3.08. The van der Waals surface area contributed by atoms with Gasteiger partial charge in [0.1, 0.15) is 12.4 Å². The maximum absolute atomic E-state index is 5.97. The number of fused-ring (bicyclic) bond motifs is 3. The molecule has 0 aliphatic carbocycles. The van der Waals surface area contributed by atoms with Gasteiger partial charge in [0.15, 0.2) is 0 Å². The number of nitrogens with zero attached hydrogens (tertiary/aromatic N) is 1. The molecule has 0 radical (unpaired) electrons. The van der Waals surface area contributed by atoms with Crippen LogP contribution in [0.25, 0.3) is 20.3 Å². The van der Waals surface area contributed by atoms with E-state index in [1.54, 1.807) is 22.7 Å². The molecule has 1 aromatic carbocycles. The average Bonchev–Trinajstić information content (AvgIpc) is 2.99. The zero-order valence-electron chi connectivity index (χ0n) is 11.9. The monoisotopic (exact) mass is 306 g/mol. The summed E-state index contributed by atoms with van der Waals surface area (Å²) in [6.45, 7) is 7.89. The highest BCUT2D eigenvalue weighted by atomic mass is 32.1. The molecule has 0 aliphatic heterocycles. The van der Waals surface area contributed by atoms with Crippen LogP contribution in [0.1, 0.15) is 18.9 Å². The van der Waals surface area contributed by atoms with Gasteiger partial charge in [-0.2, -0.15) is 0 Å². The fourth-order valence-electron chi connectivity index (χ4n) is 2.21. The Hall–Kier alpha value is -1.17. The van der Waals surface area contributed by atoms with Gasteiger partial charge >= 0.3 is 0 Å². The second kappa shape index (κ2) is 5.68. The van der Waals surface area contributed by atoms with Gasteiger partial charge in [-0.1, -0.05) is 13.8 Å². The van der Waals surface area contributed by atoms with Crippen molar-refractivity contribution in [2.24, 2.45) is 0 Å². The van der Waals surface area contributed by atoms with E-state index in [9.17, 15) is 0 Å². The molecule has 0 amide bonds. The van der Waals surface area contributed by atoms with Crippen molar-refractivity contribution in [3.8, 4) is 5.75 Å². The predicted octanol–water partition coefficient (Wildman–Crippen LogP) is 4.20. The molecule has 1 N–H and O–H groups in total. The van der Waals surface area contributed by atoms with Gasteiger partial charge in [0.2, 0.25) is 0 Å². The van der Waals surface area contributed by atoms with Crippen molar-refractivity contribution in [3.63, 3.8) is 0 Å². The highest BCUT2D eigenvalue weighted by molar-refractivity contribution is 7.21. The van der Waals surface area contributed by atoms with E-state index in [-0.39, 0.29) is 0 Å². The molecular formula is C15H18N2OS2. The lowest BCUT2D eigenvalue weighted by atomic mass is 10.2. The smallest absolute Gasteiger partial charge is 0.129 e. The van der Waals surface area contributed by atoms with E-state index >= 15 is 0 Å². The largest absolute Gasteiger partial charge is 0.492 e. The van der Waals surface area contributed by atoms with Crippen LogP contribution in [0.4, 0.5) is 0 Å². The highest BCUT2D eigenvalue weighted by Crippen LogP contribution is 2.38. The van der Waals surface area contributed by atoms with Crippen LogP contribution in [0, 0.1) is 6.92 Å². The molecule has 3 rings (SSSR count). The van der Waals surface area contributed by atoms with Gasteiger partial charge in [-0.15, -0.1) is 22.7 Å². The van der Waals surface area contributed by atoms with E-state index < -0.39 is 0 Å². The van der Waals surface area contributed by atoms with Crippen molar-refractivity contribution in [2.45, 2.75) is 26.8 Å². The summed E-state index contributed by atoms with van der Waals surface area (Å²) < 4.78 is 8.42. The lowest BCUT2D eigenvalue weighted by Gasteiger charge is -2.10. The number of benzene rings is 1. The van der Waals surface area contributed by atoms with Gasteiger partial charge in [-0.3, -0.25) is 0 Å². The minimum absolute atomic E-state index is 0.492. The zero-order chi connectivity index (χ0) is 14.1. The summed E-state index contributed by atoms with van der Waals surface area (Å²) in [5.74, 6) is 0.975. The molecule has 0 saturated carbocycles. The van der Waals surface area contributed by atoms with Gasteiger partial charge in [-0.25, -0.2) is 4.98 Å². The van der Waals surface area contributed by atoms with Crippen molar-refractivity contribution in [2.75, 3.05) is 13.2 Å². The molecule has 0 spiro atoms. The topological polar surface area (TPSA) is 34.1 Å². The number of aryl methyl sites for hydroxylation is 1. The summed E-state index contributed by atoms with van der Waals surface area (Å²) in [5.41, 5.74) is 1.12. The van der Waals surface area contributed by atoms with Gasteiger partial charge in [0.25, 0.3) is 0 Å². The third-order valence-corrected chi connectivity index (χ3v) is 4.92. The van der Waals surface area contributed by atoms with E-state index in [0.29, 0.717) is 12.6 Å². The summed E-state index contributed by atoms with van der Waals surface area (Å²) in [6, 6.07) is 4.75. The van der Waals surface area contributed by atoms with E-state index in [2.05, 4.69) is 48.6 Å². The van der Waals surface area contributed by atoms with Crippen LogP contribution in [0.3, 0.4) is 0 Å². The molecule has 3 nitrogen and oxygen atoms in total. The Morgan fingerprint density at radius 1 is 1.40 bits per heavy atom. The summed E-state index contributed by atoms with van der Waals surface area (Å²) in [7, 11) is 0. The van der Waals surface area contributed by atoms with Gasteiger partial charge in [0, 0.05) is 24.0 Å². The number of nitrogens with one attached hydrogen (secondary N) is 1. The van der Waals surface area contributed by atoms with Crippen LogP contribution >= 0.6 is 22.7 Å². The zero-order valence-corrected chi connectivity index (χ0v) is 13.5. The maximum atomic E-state index is 5.97. The first-order chi connectivity index (χ1) is 9.65. The minimum Gasteiger partial charge on any atom is -0.492 e. The van der Waals surface area contributed by atoms with E-state index in [4.69, 9.17) is 4.74 Å². The Labute approximate surface area is 126 Å². The Morgan fingerprint density at radius 3 is 3.05 bits per heavy atom. The lowest BCUT2D eigenvalue weighted by Crippen LogP contribution is -2.27. The van der Waals surface area contributed by atoms with Gasteiger partial charge < -0.3 is 10.1 Å². The number of thiazole rings is 1. The van der Waals surface area contributed by atoms with E-state index in [0.717, 1.165) is 22.8 Å². The summed E-state index contributed by atoms with van der Waals surface area (Å²) in [4.78, 5) is 4.64. The van der Waals surface area contributed by atoms with Gasteiger partial charge in [-0.05, 0) is 18.4 Å². The maximum Gasteiger partial charge on any atom is 0.129 e. The standard InChI is InChI=1S/C15H18N2OS2/c1-9(2)16-5-6-18-12-8-13-14(17-10(3)20-13)15-11(12)4-7-19-15/h4,7-9,16H,5-6H2,1-3H3. The van der Waals surface area contributed by atoms with Crippen LogP contribution in [-0.4, -0.2) is 24.2 Å². The normalized spacial score (nSPS) is 11.8. The number of rotatable bonds is 5. The quantitative estimate of drug-likeness (QED) is 0.717. The minimum atomic E-state index is 0.492. The Balaban J connectivity index is 1.90. The Morgan fingerprint density at radius 2 is 2.25 bits per heavy atom. The first-order valence-electron chi connectivity index (χ1n) is 6.78. The molecule has 0 saturated heterocycles. The molecule has 0 unspecified atom stereocenters. The van der Waals surface area contributed by atoms with Crippen LogP contribution in [0.5, 0.6) is 5.75 Å². The first-order valence-corrected chi connectivity index (χ1v) is 8.48. The number of ether oxygens (including phenoxy) is 1. The van der Waals surface area contributed by atoms with Crippen LogP contribution in [0.2, 0.25) is 0 Å². The first kappa shape index (κ1) is 13.8. The van der Waals surface area contributed by atoms with Crippen molar-refractivity contribution >= 4 is 43.0 Å². The highest BCUT2D eigenvalue weighted by Gasteiger charge is 2.12. The molecule has 0 aliphatic rings. The fourth-order valence-corrected chi connectivity index (χ4v) is 4.05. The SMILES string of the molecule is Cc1nc2c(cc(OCCNC(C)C)c3ccsc32)s1.